The minimum absolute atomic E-state index is 0.0671. The van der Waals surface area contributed by atoms with Gasteiger partial charge in [-0.2, -0.15) is 0 Å². The highest BCUT2D eigenvalue weighted by atomic mass is 16.5. The zero-order chi connectivity index (χ0) is 18.4. The molecule has 6 heteroatoms. The van der Waals surface area contributed by atoms with E-state index in [1.165, 1.54) is 19.2 Å². The summed E-state index contributed by atoms with van der Waals surface area (Å²) in [4.78, 5) is 35.2. The van der Waals surface area contributed by atoms with E-state index in [0.717, 1.165) is 0 Å². The molecule has 25 heavy (non-hydrogen) atoms. The molecule has 0 aliphatic heterocycles. The van der Waals surface area contributed by atoms with Crippen molar-refractivity contribution < 1.29 is 19.1 Å². The third-order valence-electron chi connectivity index (χ3n) is 3.50. The zero-order valence-electron chi connectivity index (χ0n) is 14.3. The van der Waals surface area contributed by atoms with Crippen LogP contribution in [0.4, 0.5) is 11.4 Å². The van der Waals surface area contributed by atoms with Gasteiger partial charge in [0.05, 0.1) is 12.7 Å². The van der Waals surface area contributed by atoms with Crippen molar-refractivity contribution in [3.8, 4) is 0 Å². The molecule has 0 unspecified atom stereocenters. The normalized spacial score (nSPS) is 10.2. The first kappa shape index (κ1) is 18.2. The van der Waals surface area contributed by atoms with E-state index >= 15 is 0 Å². The third kappa shape index (κ3) is 4.91. The molecule has 0 saturated heterocycles. The lowest BCUT2D eigenvalue weighted by atomic mass is 10.1. The van der Waals surface area contributed by atoms with Gasteiger partial charge in [0, 0.05) is 22.9 Å². The van der Waals surface area contributed by atoms with Crippen LogP contribution in [0.25, 0.3) is 0 Å². The monoisotopic (exact) mass is 340 g/mol. The number of carbonyl (C=O) groups excluding carboxylic acids is 3. The van der Waals surface area contributed by atoms with E-state index in [0.29, 0.717) is 22.5 Å². The second kappa shape index (κ2) is 8.10. The summed E-state index contributed by atoms with van der Waals surface area (Å²) >= 11 is 0. The average Bonchev–Trinajstić information content (AvgIpc) is 2.62. The molecular weight excluding hydrogens is 320 g/mol. The molecule has 0 aromatic heterocycles. The number of anilines is 2. The van der Waals surface area contributed by atoms with Crippen molar-refractivity contribution in [2.24, 2.45) is 5.92 Å². The van der Waals surface area contributed by atoms with Gasteiger partial charge < -0.3 is 15.4 Å². The molecule has 2 amide bonds. The van der Waals surface area contributed by atoms with Gasteiger partial charge in [-0.1, -0.05) is 13.8 Å². The van der Waals surface area contributed by atoms with Gasteiger partial charge in [0.1, 0.15) is 0 Å². The van der Waals surface area contributed by atoms with Crippen molar-refractivity contribution in [2.45, 2.75) is 13.8 Å². The fourth-order valence-electron chi connectivity index (χ4n) is 2.00. The van der Waals surface area contributed by atoms with E-state index in [9.17, 15) is 14.4 Å². The first-order valence-electron chi connectivity index (χ1n) is 7.81. The molecule has 0 bridgehead atoms. The summed E-state index contributed by atoms with van der Waals surface area (Å²) in [5, 5.41) is 5.54. The van der Waals surface area contributed by atoms with Gasteiger partial charge in [0.25, 0.3) is 5.91 Å². The Morgan fingerprint density at radius 3 is 1.76 bits per heavy atom. The number of methoxy groups -OCH3 is 1. The van der Waals surface area contributed by atoms with E-state index < -0.39 is 5.97 Å². The number of amides is 2. The van der Waals surface area contributed by atoms with E-state index in [1.807, 2.05) is 13.8 Å². The predicted octanol–water partition coefficient (Wildman–Crippen LogP) is 3.32. The topological polar surface area (TPSA) is 84.5 Å². The number of rotatable bonds is 5. The summed E-state index contributed by atoms with van der Waals surface area (Å²) in [6, 6.07) is 13.0. The standard InChI is InChI=1S/C19H20N2O4/c1-12(2)17(22)20-15-8-10-16(11-9-15)21-18(23)13-4-6-14(7-5-13)19(24)25-3/h4-12H,1-3H3,(H,20,22)(H,21,23). The summed E-state index contributed by atoms with van der Waals surface area (Å²) < 4.78 is 4.62. The Bertz CT molecular complexity index is 765. The van der Waals surface area contributed by atoms with Crippen LogP contribution in [-0.2, 0) is 9.53 Å². The molecule has 2 N–H and O–H groups in total. The molecular formula is C19H20N2O4. The maximum atomic E-state index is 12.2. The number of hydrogen-bond acceptors (Lipinski definition) is 4. The molecule has 0 aliphatic rings. The quantitative estimate of drug-likeness (QED) is 0.818. The smallest absolute Gasteiger partial charge is 0.337 e. The van der Waals surface area contributed by atoms with Crippen LogP contribution in [-0.4, -0.2) is 24.9 Å². The minimum Gasteiger partial charge on any atom is -0.465 e. The fraction of sp³-hybridized carbons (Fsp3) is 0.211. The Morgan fingerprint density at radius 1 is 0.800 bits per heavy atom. The van der Waals surface area contributed by atoms with Crippen molar-refractivity contribution in [3.05, 3.63) is 59.7 Å². The second-order valence-corrected chi connectivity index (χ2v) is 5.74. The summed E-state index contributed by atoms with van der Waals surface area (Å²) in [6.45, 7) is 3.63. The van der Waals surface area contributed by atoms with E-state index in [1.54, 1.807) is 36.4 Å². The Balaban J connectivity index is 2.00. The minimum atomic E-state index is -0.453. The van der Waals surface area contributed by atoms with Crippen LogP contribution in [0, 0.1) is 5.92 Å². The number of benzene rings is 2. The van der Waals surface area contributed by atoms with Gasteiger partial charge in [-0.15, -0.1) is 0 Å². The largest absolute Gasteiger partial charge is 0.465 e. The van der Waals surface area contributed by atoms with Gasteiger partial charge in [0.2, 0.25) is 5.91 Å². The predicted molar refractivity (Wildman–Crippen MR) is 95.6 cm³/mol. The molecule has 2 rings (SSSR count). The molecule has 0 radical (unpaired) electrons. The average molecular weight is 340 g/mol. The summed E-state index contributed by atoms with van der Waals surface area (Å²) in [5.41, 5.74) is 2.07. The van der Waals surface area contributed by atoms with E-state index in [-0.39, 0.29) is 17.7 Å². The molecule has 0 heterocycles. The fourth-order valence-corrected chi connectivity index (χ4v) is 2.00. The van der Waals surface area contributed by atoms with Gasteiger partial charge in [-0.05, 0) is 48.5 Å². The summed E-state index contributed by atoms with van der Waals surface area (Å²) in [5.74, 6) is -0.920. The van der Waals surface area contributed by atoms with Crippen molar-refractivity contribution >= 4 is 29.2 Å². The SMILES string of the molecule is COC(=O)c1ccc(C(=O)Nc2ccc(NC(=O)C(C)C)cc2)cc1. The molecule has 0 fully saturated rings. The molecule has 2 aromatic carbocycles. The highest BCUT2D eigenvalue weighted by Crippen LogP contribution is 2.16. The Labute approximate surface area is 146 Å². The van der Waals surface area contributed by atoms with Crippen molar-refractivity contribution in [3.63, 3.8) is 0 Å². The molecule has 6 nitrogen and oxygen atoms in total. The third-order valence-corrected chi connectivity index (χ3v) is 3.50. The number of ether oxygens (including phenoxy) is 1. The maximum absolute atomic E-state index is 12.2. The molecule has 0 spiro atoms. The highest BCUT2D eigenvalue weighted by molar-refractivity contribution is 6.05. The first-order chi connectivity index (χ1) is 11.9. The molecule has 0 aliphatic carbocycles. The van der Waals surface area contributed by atoms with E-state index in [2.05, 4.69) is 15.4 Å². The molecule has 2 aromatic rings. The highest BCUT2D eigenvalue weighted by Gasteiger charge is 2.10. The van der Waals surface area contributed by atoms with E-state index in [4.69, 9.17) is 0 Å². The van der Waals surface area contributed by atoms with Crippen LogP contribution in [0.3, 0.4) is 0 Å². The summed E-state index contributed by atoms with van der Waals surface area (Å²) in [7, 11) is 1.30. The number of hydrogen-bond donors (Lipinski definition) is 2. The van der Waals surface area contributed by atoms with Crippen molar-refractivity contribution in [1.82, 2.24) is 0 Å². The second-order valence-electron chi connectivity index (χ2n) is 5.74. The van der Waals surface area contributed by atoms with Gasteiger partial charge in [0.15, 0.2) is 0 Å². The van der Waals surface area contributed by atoms with Crippen LogP contribution in [0.2, 0.25) is 0 Å². The Hall–Kier alpha value is -3.15. The molecule has 0 saturated carbocycles. The Kier molecular flexibility index (Phi) is 5.89. The van der Waals surface area contributed by atoms with Crippen LogP contribution in [0.15, 0.2) is 48.5 Å². The van der Waals surface area contributed by atoms with Crippen LogP contribution in [0.5, 0.6) is 0 Å². The van der Waals surface area contributed by atoms with Gasteiger partial charge in [-0.25, -0.2) is 4.79 Å². The lowest BCUT2D eigenvalue weighted by molar-refractivity contribution is -0.118. The van der Waals surface area contributed by atoms with Gasteiger partial charge in [-0.3, -0.25) is 9.59 Å². The lowest BCUT2D eigenvalue weighted by Crippen LogP contribution is -2.17. The van der Waals surface area contributed by atoms with Crippen molar-refractivity contribution in [1.29, 1.82) is 0 Å². The molecule has 130 valence electrons. The maximum Gasteiger partial charge on any atom is 0.337 e. The number of esters is 1. The number of nitrogens with one attached hydrogen (secondary N) is 2. The van der Waals surface area contributed by atoms with Crippen LogP contribution in [0.1, 0.15) is 34.6 Å². The summed E-state index contributed by atoms with van der Waals surface area (Å²) in [6.07, 6.45) is 0. The first-order valence-corrected chi connectivity index (χ1v) is 7.81. The van der Waals surface area contributed by atoms with Gasteiger partial charge >= 0.3 is 5.97 Å². The van der Waals surface area contributed by atoms with Crippen molar-refractivity contribution in [2.75, 3.05) is 17.7 Å². The molecule has 0 atom stereocenters. The zero-order valence-corrected chi connectivity index (χ0v) is 14.3. The lowest BCUT2D eigenvalue weighted by Gasteiger charge is -2.09. The number of carbonyl (C=O) groups is 3. The van der Waals surface area contributed by atoms with Crippen LogP contribution < -0.4 is 10.6 Å². The Morgan fingerprint density at radius 2 is 1.28 bits per heavy atom. The van der Waals surface area contributed by atoms with Crippen LogP contribution >= 0.6 is 0 Å².